The van der Waals surface area contributed by atoms with E-state index < -0.39 is 5.60 Å². The molecule has 1 N–H and O–H groups in total. The van der Waals surface area contributed by atoms with Crippen LogP contribution >= 0.6 is 0 Å². The van der Waals surface area contributed by atoms with Gasteiger partial charge in [0.15, 0.2) is 0 Å². The molecule has 0 aromatic heterocycles. The molecule has 1 saturated carbocycles. The average molecular weight is 186 g/mol. The summed E-state index contributed by atoms with van der Waals surface area (Å²) in [6.45, 7) is 1.82. The van der Waals surface area contributed by atoms with Crippen LogP contribution in [0.25, 0.3) is 0 Å². The third-order valence-electron chi connectivity index (χ3n) is 3.01. The van der Waals surface area contributed by atoms with Gasteiger partial charge in [0.2, 0.25) is 0 Å². The number of ether oxygens (including phenoxy) is 1. The number of methoxy groups -OCH3 is 1. The molecule has 0 aromatic rings. The van der Waals surface area contributed by atoms with E-state index in [4.69, 9.17) is 0 Å². The van der Waals surface area contributed by atoms with Crippen LogP contribution in [0.4, 0.5) is 0 Å². The van der Waals surface area contributed by atoms with Crippen LogP contribution in [0.1, 0.15) is 39.0 Å². The van der Waals surface area contributed by atoms with Crippen molar-refractivity contribution in [3.63, 3.8) is 0 Å². The van der Waals surface area contributed by atoms with E-state index in [1.165, 1.54) is 7.11 Å². The van der Waals surface area contributed by atoms with Gasteiger partial charge in [0.05, 0.1) is 19.1 Å². The Bertz CT molecular complexity index is 187. The van der Waals surface area contributed by atoms with Crippen LogP contribution in [0.5, 0.6) is 0 Å². The molecule has 3 heteroatoms. The minimum absolute atomic E-state index is 0.0775. The maximum Gasteiger partial charge on any atom is 0.305 e. The lowest BCUT2D eigenvalue weighted by Gasteiger charge is -2.36. The molecule has 0 spiro atoms. The highest BCUT2D eigenvalue weighted by molar-refractivity contribution is 5.69. The van der Waals surface area contributed by atoms with Crippen LogP contribution in [0.2, 0.25) is 0 Å². The minimum atomic E-state index is -0.674. The predicted molar refractivity (Wildman–Crippen MR) is 49.2 cm³/mol. The second-order valence-corrected chi connectivity index (χ2v) is 4.08. The Balaban J connectivity index is 2.51. The van der Waals surface area contributed by atoms with Crippen LogP contribution in [-0.4, -0.2) is 23.8 Å². The lowest BCUT2D eigenvalue weighted by molar-refractivity contribution is -0.145. The van der Waals surface area contributed by atoms with Gasteiger partial charge in [-0.15, -0.1) is 0 Å². The molecule has 1 rings (SSSR count). The van der Waals surface area contributed by atoms with E-state index >= 15 is 0 Å². The molecule has 0 radical (unpaired) electrons. The summed E-state index contributed by atoms with van der Waals surface area (Å²) in [5, 5.41) is 9.97. The molecule has 13 heavy (non-hydrogen) atoms. The van der Waals surface area contributed by atoms with Crippen molar-refractivity contribution < 1.29 is 14.6 Å². The first-order valence-electron chi connectivity index (χ1n) is 4.85. The molecule has 0 heterocycles. The Labute approximate surface area is 79.1 Å². The van der Waals surface area contributed by atoms with Crippen molar-refractivity contribution in [1.29, 1.82) is 0 Å². The Morgan fingerprint density at radius 1 is 1.62 bits per heavy atom. The Hall–Kier alpha value is -0.570. The molecule has 0 amide bonds. The summed E-state index contributed by atoms with van der Waals surface area (Å²) < 4.78 is 4.60. The third kappa shape index (κ3) is 2.69. The Morgan fingerprint density at radius 3 is 2.85 bits per heavy atom. The van der Waals surface area contributed by atoms with E-state index in [2.05, 4.69) is 4.74 Å². The monoisotopic (exact) mass is 186 g/mol. The van der Waals surface area contributed by atoms with Crippen molar-refractivity contribution in [2.24, 2.45) is 5.92 Å². The highest BCUT2D eigenvalue weighted by Crippen LogP contribution is 2.35. The molecular weight excluding hydrogens is 168 g/mol. The van der Waals surface area contributed by atoms with Gasteiger partial charge in [-0.25, -0.2) is 0 Å². The Morgan fingerprint density at radius 2 is 2.31 bits per heavy atom. The number of esters is 1. The quantitative estimate of drug-likeness (QED) is 0.665. The van der Waals surface area contributed by atoms with Crippen molar-refractivity contribution in [3.05, 3.63) is 0 Å². The topological polar surface area (TPSA) is 46.5 Å². The van der Waals surface area contributed by atoms with Gasteiger partial charge < -0.3 is 9.84 Å². The molecular formula is C10H18O3. The van der Waals surface area contributed by atoms with Crippen molar-refractivity contribution in [2.45, 2.75) is 44.6 Å². The number of aliphatic hydroxyl groups is 1. The summed E-state index contributed by atoms with van der Waals surface area (Å²) in [7, 11) is 1.39. The van der Waals surface area contributed by atoms with Gasteiger partial charge in [0.25, 0.3) is 0 Å². The fourth-order valence-electron chi connectivity index (χ4n) is 2.00. The molecule has 1 aliphatic carbocycles. The summed E-state index contributed by atoms with van der Waals surface area (Å²) in [5.74, 6) is -0.138. The maximum absolute atomic E-state index is 11.0. The van der Waals surface area contributed by atoms with Gasteiger partial charge in [-0.05, 0) is 25.7 Å². The van der Waals surface area contributed by atoms with Crippen molar-refractivity contribution >= 4 is 5.97 Å². The van der Waals surface area contributed by atoms with E-state index in [0.717, 1.165) is 25.7 Å². The molecule has 76 valence electrons. The third-order valence-corrected chi connectivity index (χ3v) is 3.01. The predicted octanol–water partition coefficient (Wildman–Crippen LogP) is 1.49. The normalized spacial score (nSPS) is 34.2. The SMILES string of the molecule is COC(=O)CC1CCCCC1(C)O. The molecule has 0 aromatic carbocycles. The summed E-state index contributed by atoms with van der Waals surface area (Å²) in [6, 6.07) is 0. The van der Waals surface area contributed by atoms with E-state index in [9.17, 15) is 9.90 Å². The second kappa shape index (κ2) is 4.09. The van der Waals surface area contributed by atoms with E-state index in [1.54, 1.807) is 0 Å². The largest absolute Gasteiger partial charge is 0.469 e. The molecule has 0 aliphatic heterocycles. The van der Waals surface area contributed by atoms with Gasteiger partial charge in [-0.3, -0.25) is 4.79 Å². The highest BCUT2D eigenvalue weighted by Gasteiger charge is 2.35. The number of hydrogen-bond acceptors (Lipinski definition) is 3. The first kappa shape index (κ1) is 10.5. The van der Waals surface area contributed by atoms with Gasteiger partial charge in [0, 0.05) is 0 Å². The summed E-state index contributed by atoms with van der Waals surface area (Å²) in [5.41, 5.74) is -0.674. The number of carbonyl (C=O) groups excluding carboxylic acids is 1. The molecule has 2 unspecified atom stereocenters. The van der Waals surface area contributed by atoms with Crippen molar-refractivity contribution in [3.8, 4) is 0 Å². The van der Waals surface area contributed by atoms with Crippen LogP contribution in [0.15, 0.2) is 0 Å². The van der Waals surface area contributed by atoms with Gasteiger partial charge >= 0.3 is 5.97 Å². The van der Waals surface area contributed by atoms with Gasteiger partial charge in [-0.2, -0.15) is 0 Å². The lowest BCUT2D eigenvalue weighted by Crippen LogP contribution is -2.38. The zero-order valence-corrected chi connectivity index (χ0v) is 8.38. The molecule has 0 saturated heterocycles. The molecule has 1 fully saturated rings. The van der Waals surface area contributed by atoms with Crippen LogP contribution in [-0.2, 0) is 9.53 Å². The standard InChI is InChI=1S/C10H18O3/c1-10(12)6-4-3-5-8(10)7-9(11)13-2/h8,12H,3-7H2,1-2H3. The van der Waals surface area contributed by atoms with E-state index in [0.29, 0.717) is 6.42 Å². The first-order chi connectivity index (χ1) is 6.06. The number of carbonyl (C=O) groups is 1. The van der Waals surface area contributed by atoms with Crippen molar-refractivity contribution in [1.82, 2.24) is 0 Å². The zero-order valence-electron chi connectivity index (χ0n) is 8.38. The minimum Gasteiger partial charge on any atom is -0.469 e. The number of rotatable bonds is 2. The van der Waals surface area contributed by atoms with Crippen LogP contribution < -0.4 is 0 Å². The molecule has 0 bridgehead atoms. The smallest absolute Gasteiger partial charge is 0.305 e. The van der Waals surface area contributed by atoms with Gasteiger partial charge in [-0.1, -0.05) is 12.8 Å². The lowest BCUT2D eigenvalue weighted by atomic mass is 9.75. The number of hydrogen-bond donors (Lipinski definition) is 1. The summed E-state index contributed by atoms with van der Waals surface area (Å²) >= 11 is 0. The summed E-state index contributed by atoms with van der Waals surface area (Å²) in [6.07, 6.45) is 4.25. The molecule has 2 atom stereocenters. The van der Waals surface area contributed by atoms with Gasteiger partial charge in [0.1, 0.15) is 0 Å². The van der Waals surface area contributed by atoms with E-state index in [-0.39, 0.29) is 11.9 Å². The van der Waals surface area contributed by atoms with Crippen molar-refractivity contribution in [2.75, 3.05) is 7.11 Å². The first-order valence-corrected chi connectivity index (χ1v) is 4.85. The summed E-state index contributed by atoms with van der Waals surface area (Å²) in [4.78, 5) is 11.0. The van der Waals surface area contributed by atoms with Crippen LogP contribution in [0, 0.1) is 5.92 Å². The second-order valence-electron chi connectivity index (χ2n) is 4.08. The Kier molecular flexibility index (Phi) is 3.31. The zero-order chi connectivity index (χ0) is 9.90. The molecule has 3 nitrogen and oxygen atoms in total. The molecule has 1 aliphatic rings. The fraction of sp³-hybridized carbons (Fsp3) is 0.900. The maximum atomic E-state index is 11.0. The fourth-order valence-corrected chi connectivity index (χ4v) is 2.00. The average Bonchev–Trinajstić information content (AvgIpc) is 2.08. The highest BCUT2D eigenvalue weighted by atomic mass is 16.5. The van der Waals surface area contributed by atoms with Crippen LogP contribution in [0.3, 0.4) is 0 Å². The van der Waals surface area contributed by atoms with E-state index in [1.807, 2.05) is 6.92 Å².